The summed E-state index contributed by atoms with van der Waals surface area (Å²) in [6, 6.07) is 0. The Kier molecular flexibility index (Phi) is 6.93. The molecule has 1 aliphatic rings. The van der Waals surface area contributed by atoms with Gasteiger partial charge in [-0.15, -0.1) is 5.10 Å². The van der Waals surface area contributed by atoms with Gasteiger partial charge >= 0.3 is 7.82 Å². The van der Waals surface area contributed by atoms with Gasteiger partial charge in [0.05, 0.1) is 24.3 Å². The average molecular weight is 398 g/mol. The molecule has 14 heteroatoms. The van der Waals surface area contributed by atoms with E-state index in [2.05, 4.69) is 32.8 Å². The van der Waals surface area contributed by atoms with Gasteiger partial charge in [-0.3, -0.25) is 9.32 Å². The third kappa shape index (κ3) is 5.72. The molecule has 1 amide bonds. The van der Waals surface area contributed by atoms with E-state index >= 15 is 0 Å². The Morgan fingerprint density at radius 1 is 1.44 bits per heavy atom. The number of hydrogen-bond donors (Lipinski definition) is 6. The highest BCUT2D eigenvalue weighted by atomic mass is 32.1. The van der Waals surface area contributed by atoms with Crippen LogP contribution in [0.4, 0.5) is 0 Å². The SMILES string of the molecule is O=C(CS)NCCc1cn([C@@H]2O[C@H](COP(=O)(O)O)[C@@H](O)[C@H]2O)nn1. The highest BCUT2D eigenvalue weighted by molar-refractivity contribution is 7.81. The molecular weight excluding hydrogens is 379 g/mol. The van der Waals surface area contributed by atoms with Gasteiger partial charge in [0.2, 0.25) is 5.91 Å². The molecule has 0 aliphatic carbocycles. The fourth-order valence-corrected chi connectivity index (χ4v) is 2.65. The number of phosphoric ester groups is 1. The molecule has 4 atom stereocenters. The molecule has 0 radical (unpaired) electrons. The summed E-state index contributed by atoms with van der Waals surface area (Å²) in [5.74, 6) is -0.147. The van der Waals surface area contributed by atoms with Gasteiger partial charge in [0.15, 0.2) is 6.23 Å². The lowest BCUT2D eigenvalue weighted by molar-refractivity contribution is -0.118. The number of phosphoric acid groups is 1. The fourth-order valence-electron chi connectivity index (χ4n) is 2.19. The summed E-state index contributed by atoms with van der Waals surface area (Å²) in [4.78, 5) is 28.5. The molecule has 2 rings (SSSR count). The second-order valence-electron chi connectivity index (χ2n) is 5.28. The van der Waals surface area contributed by atoms with E-state index < -0.39 is 39.0 Å². The number of carbonyl (C=O) groups is 1. The van der Waals surface area contributed by atoms with Crippen molar-refractivity contribution in [1.29, 1.82) is 0 Å². The van der Waals surface area contributed by atoms with E-state index in [1.165, 1.54) is 10.9 Å². The minimum absolute atomic E-state index is 0.0742. The molecule has 1 aliphatic heterocycles. The molecular formula is C11H19N4O8PS. The molecule has 0 spiro atoms. The van der Waals surface area contributed by atoms with E-state index in [1.807, 2.05) is 0 Å². The number of aliphatic hydroxyl groups is 2. The van der Waals surface area contributed by atoms with Crippen molar-refractivity contribution in [1.82, 2.24) is 20.3 Å². The van der Waals surface area contributed by atoms with Crippen LogP contribution in [-0.2, 0) is 25.0 Å². The summed E-state index contributed by atoms with van der Waals surface area (Å²) in [5, 5.41) is 30.2. The van der Waals surface area contributed by atoms with E-state index in [4.69, 9.17) is 14.5 Å². The van der Waals surface area contributed by atoms with Crippen molar-refractivity contribution in [2.45, 2.75) is 31.0 Å². The van der Waals surface area contributed by atoms with E-state index in [9.17, 15) is 19.6 Å². The molecule has 1 aromatic heterocycles. The largest absolute Gasteiger partial charge is 0.469 e. The number of aliphatic hydroxyl groups excluding tert-OH is 2. The van der Waals surface area contributed by atoms with Gasteiger partial charge in [0, 0.05) is 13.0 Å². The third-order valence-electron chi connectivity index (χ3n) is 3.41. The van der Waals surface area contributed by atoms with Crippen molar-refractivity contribution >= 4 is 26.4 Å². The van der Waals surface area contributed by atoms with Crippen LogP contribution in [0.3, 0.4) is 0 Å². The zero-order valence-corrected chi connectivity index (χ0v) is 14.7. The van der Waals surface area contributed by atoms with Crippen molar-refractivity contribution in [2.24, 2.45) is 0 Å². The van der Waals surface area contributed by atoms with Gasteiger partial charge in [-0.1, -0.05) is 5.21 Å². The molecule has 0 saturated carbocycles. The summed E-state index contributed by atoms with van der Waals surface area (Å²) in [5.41, 5.74) is 0.514. The summed E-state index contributed by atoms with van der Waals surface area (Å²) < 4.78 is 21.5. The molecule has 1 fully saturated rings. The molecule has 0 aromatic carbocycles. The van der Waals surface area contributed by atoms with Crippen LogP contribution in [0, 0.1) is 0 Å². The fraction of sp³-hybridized carbons (Fsp3) is 0.727. The Bertz CT molecular complexity index is 639. The summed E-state index contributed by atoms with van der Waals surface area (Å²) in [6.45, 7) is -0.274. The minimum atomic E-state index is -4.72. The number of aromatic nitrogens is 3. The zero-order chi connectivity index (χ0) is 18.6. The maximum Gasteiger partial charge on any atom is 0.469 e. The molecule has 1 aromatic rings. The highest BCUT2D eigenvalue weighted by Crippen LogP contribution is 2.38. The molecule has 5 N–H and O–H groups in total. The highest BCUT2D eigenvalue weighted by Gasteiger charge is 2.45. The van der Waals surface area contributed by atoms with Gasteiger partial charge in [0.25, 0.3) is 0 Å². The maximum absolute atomic E-state index is 11.1. The second-order valence-corrected chi connectivity index (χ2v) is 6.84. The first-order valence-electron chi connectivity index (χ1n) is 7.21. The van der Waals surface area contributed by atoms with Crippen molar-refractivity contribution in [3.8, 4) is 0 Å². The summed E-state index contributed by atoms with van der Waals surface area (Å²) >= 11 is 3.83. The number of nitrogens with zero attached hydrogens (tertiary/aromatic N) is 3. The van der Waals surface area contributed by atoms with Gasteiger partial charge in [0.1, 0.15) is 18.3 Å². The van der Waals surface area contributed by atoms with Crippen LogP contribution in [0.15, 0.2) is 6.20 Å². The number of amides is 1. The van der Waals surface area contributed by atoms with Crippen molar-refractivity contribution in [3.05, 3.63) is 11.9 Å². The normalized spacial score (nSPS) is 26.8. The van der Waals surface area contributed by atoms with Crippen molar-refractivity contribution < 1.29 is 38.6 Å². The first kappa shape index (κ1) is 20.3. The van der Waals surface area contributed by atoms with E-state index in [0.717, 1.165) is 0 Å². The molecule has 12 nitrogen and oxygen atoms in total. The van der Waals surface area contributed by atoms with Crippen LogP contribution < -0.4 is 5.32 Å². The van der Waals surface area contributed by atoms with Crippen LogP contribution in [0.1, 0.15) is 11.9 Å². The average Bonchev–Trinajstić information content (AvgIpc) is 3.11. The van der Waals surface area contributed by atoms with Crippen molar-refractivity contribution in [2.75, 3.05) is 18.9 Å². The summed E-state index contributed by atoms with van der Waals surface area (Å²) in [7, 11) is -4.72. The number of hydrogen-bond acceptors (Lipinski definition) is 9. The second kappa shape index (κ2) is 8.56. The smallest absolute Gasteiger partial charge is 0.387 e. The standard InChI is InChI=1S/C11H19N4O8PS/c16-8(5-25)12-2-1-6-3-15(14-13-6)11-10(18)9(17)7(23-11)4-22-24(19,20)21/h3,7,9-11,17-18,25H,1-2,4-5H2,(H,12,16)(H2,19,20,21)/t7-,9-,10-,11-/m1/s1. The van der Waals surface area contributed by atoms with Gasteiger partial charge in [-0.25, -0.2) is 9.25 Å². The monoisotopic (exact) mass is 398 g/mol. The topological polar surface area (TPSA) is 176 Å². The number of nitrogens with one attached hydrogen (secondary N) is 1. The molecule has 2 heterocycles. The van der Waals surface area contributed by atoms with Gasteiger partial charge < -0.3 is 30.1 Å². The van der Waals surface area contributed by atoms with E-state index in [1.54, 1.807) is 0 Å². The molecule has 25 heavy (non-hydrogen) atoms. The lowest BCUT2D eigenvalue weighted by Gasteiger charge is -2.14. The van der Waals surface area contributed by atoms with Crippen LogP contribution in [-0.4, -0.2) is 78.1 Å². The third-order valence-corrected chi connectivity index (χ3v) is 4.18. The predicted molar refractivity (Wildman–Crippen MR) is 84.5 cm³/mol. The maximum atomic E-state index is 11.1. The Morgan fingerprint density at radius 3 is 2.80 bits per heavy atom. The van der Waals surface area contributed by atoms with E-state index in [-0.39, 0.29) is 11.7 Å². The van der Waals surface area contributed by atoms with Crippen molar-refractivity contribution in [3.63, 3.8) is 0 Å². The number of rotatable bonds is 8. The Labute approximate surface area is 147 Å². The molecule has 142 valence electrons. The molecule has 0 unspecified atom stereocenters. The first-order valence-corrected chi connectivity index (χ1v) is 9.37. The minimum Gasteiger partial charge on any atom is -0.387 e. The number of thiol groups is 1. The first-order chi connectivity index (χ1) is 11.7. The quantitative estimate of drug-likeness (QED) is 0.204. The van der Waals surface area contributed by atoms with Gasteiger partial charge in [-0.2, -0.15) is 12.6 Å². The van der Waals surface area contributed by atoms with Crippen LogP contribution in [0.2, 0.25) is 0 Å². The number of ether oxygens (including phenoxy) is 1. The zero-order valence-electron chi connectivity index (χ0n) is 12.9. The van der Waals surface area contributed by atoms with Crippen LogP contribution in [0.5, 0.6) is 0 Å². The Hall–Kier alpha value is -1.05. The predicted octanol–water partition coefficient (Wildman–Crippen LogP) is -2.40. The van der Waals surface area contributed by atoms with Gasteiger partial charge in [-0.05, 0) is 0 Å². The Balaban J connectivity index is 1.92. The lowest BCUT2D eigenvalue weighted by Crippen LogP contribution is -2.33. The van der Waals surface area contributed by atoms with Crippen LogP contribution >= 0.6 is 20.5 Å². The Morgan fingerprint density at radius 2 is 2.16 bits per heavy atom. The number of carbonyl (C=O) groups excluding carboxylic acids is 1. The van der Waals surface area contributed by atoms with E-state index in [0.29, 0.717) is 18.7 Å². The lowest BCUT2D eigenvalue weighted by atomic mass is 10.1. The molecule has 1 saturated heterocycles. The molecule has 0 bridgehead atoms. The van der Waals surface area contributed by atoms with Crippen LogP contribution in [0.25, 0.3) is 0 Å². The summed E-state index contributed by atoms with van der Waals surface area (Å²) in [6.07, 6.45) is -3.18.